The summed E-state index contributed by atoms with van der Waals surface area (Å²) in [6, 6.07) is -1.25. The zero-order valence-corrected chi connectivity index (χ0v) is 11.0. The minimum absolute atomic E-state index is 0.187. The predicted octanol–water partition coefficient (Wildman–Crippen LogP) is 3.66. The lowest BCUT2D eigenvalue weighted by atomic mass is 9.83. The second-order valence-electron chi connectivity index (χ2n) is 5.04. The number of carbonyl (C=O) groups is 1. The Labute approximate surface area is 116 Å². The molecule has 1 aliphatic carbocycles. The van der Waals surface area contributed by atoms with Crippen molar-refractivity contribution in [2.75, 3.05) is 6.61 Å². The monoisotopic (exact) mass is 317 g/mol. The van der Waals surface area contributed by atoms with Gasteiger partial charge in [-0.25, -0.2) is 4.79 Å². The Morgan fingerprint density at radius 3 is 2.29 bits per heavy atom. The van der Waals surface area contributed by atoms with Gasteiger partial charge in [-0.1, -0.05) is 19.1 Å². The topological polar surface area (TPSA) is 29.5 Å². The zero-order valence-electron chi connectivity index (χ0n) is 11.0. The van der Waals surface area contributed by atoms with E-state index in [1.165, 1.54) is 6.08 Å². The van der Waals surface area contributed by atoms with Crippen molar-refractivity contribution in [2.45, 2.75) is 43.7 Å². The van der Waals surface area contributed by atoms with Crippen LogP contribution in [-0.4, -0.2) is 41.5 Å². The van der Waals surface area contributed by atoms with Crippen molar-refractivity contribution in [1.82, 2.24) is 4.90 Å². The van der Waals surface area contributed by atoms with Gasteiger partial charge in [0.1, 0.15) is 0 Å². The van der Waals surface area contributed by atoms with Gasteiger partial charge in [0, 0.05) is 5.92 Å². The summed E-state index contributed by atoms with van der Waals surface area (Å²) in [6.07, 6.45) is -10.9. The first kappa shape index (κ1) is 16.0. The molecule has 0 saturated carbocycles. The van der Waals surface area contributed by atoms with E-state index in [0.717, 1.165) is 6.08 Å². The third-order valence-corrected chi connectivity index (χ3v) is 3.80. The molecule has 2 unspecified atom stereocenters. The van der Waals surface area contributed by atoms with Crippen LogP contribution >= 0.6 is 0 Å². The lowest BCUT2D eigenvalue weighted by molar-refractivity contribution is -0.337. The van der Waals surface area contributed by atoms with E-state index in [2.05, 4.69) is 4.74 Å². The number of amides is 1. The predicted molar refractivity (Wildman–Crippen MR) is 59.4 cm³/mol. The summed E-state index contributed by atoms with van der Waals surface area (Å²) in [6.45, 7) is 1.35. The van der Waals surface area contributed by atoms with Crippen LogP contribution in [0.5, 0.6) is 0 Å². The molecule has 2 aliphatic rings. The van der Waals surface area contributed by atoms with Crippen LogP contribution in [0, 0.1) is 5.92 Å². The van der Waals surface area contributed by atoms with Crippen molar-refractivity contribution in [2.24, 2.45) is 5.92 Å². The molecule has 21 heavy (non-hydrogen) atoms. The zero-order chi connectivity index (χ0) is 16.1. The van der Waals surface area contributed by atoms with Crippen molar-refractivity contribution in [1.29, 1.82) is 0 Å². The number of ether oxygens (including phenoxy) is 1. The van der Waals surface area contributed by atoms with Gasteiger partial charge in [0.15, 0.2) is 0 Å². The molecule has 2 bridgehead atoms. The van der Waals surface area contributed by atoms with Gasteiger partial charge in [0.25, 0.3) is 0 Å². The molecule has 9 heteroatoms. The maximum Gasteiger partial charge on any atom is 0.421 e. The largest absolute Gasteiger partial charge is 0.449 e. The average molecular weight is 317 g/mol. The number of alkyl halides is 6. The summed E-state index contributed by atoms with van der Waals surface area (Å²) in [5.74, 6) is -1.84. The highest BCUT2D eigenvalue weighted by Crippen LogP contribution is 2.60. The van der Waals surface area contributed by atoms with Crippen molar-refractivity contribution in [3.8, 4) is 0 Å². The van der Waals surface area contributed by atoms with Crippen LogP contribution in [-0.2, 0) is 4.74 Å². The van der Waals surface area contributed by atoms with Crippen LogP contribution in [0.3, 0.4) is 0 Å². The minimum atomic E-state index is -5.64. The second-order valence-corrected chi connectivity index (χ2v) is 5.04. The number of rotatable bonds is 2. The van der Waals surface area contributed by atoms with Crippen LogP contribution in [0.25, 0.3) is 0 Å². The highest BCUT2D eigenvalue weighted by Gasteiger charge is 2.82. The van der Waals surface area contributed by atoms with Crippen molar-refractivity contribution in [3.05, 3.63) is 12.2 Å². The molecule has 0 aromatic rings. The van der Waals surface area contributed by atoms with Gasteiger partial charge < -0.3 is 4.74 Å². The molecule has 120 valence electrons. The fraction of sp³-hybridized carbons (Fsp3) is 0.750. The molecular formula is C12H13F6NO2. The van der Waals surface area contributed by atoms with E-state index in [4.69, 9.17) is 0 Å². The van der Waals surface area contributed by atoms with Gasteiger partial charge in [-0.05, 0) is 12.8 Å². The van der Waals surface area contributed by atoms with Crippen molar-refractivity contribution >= 4 is 6.09 Å². The van der Waals surface area contributed by atoms with Crippen LogP contribution in [0.1, 0.15) is 19.8 Å². The summed E-state index contributed by atoms with van der Waals surface area (Å²) >= 11 is 0. The highest BCUT2D eigenvalue weighted by molar-refractivity contribution is 5.71. The molecule has 1 aliphatic heterocycles. The summed E-state index contributed by atoms with van der Waals surface area (Å²) in [7, 11) is 0. The maximum absolute atomic E-state index is 13.3. The number of nitrogens with zero attached hydrogens (tertiary/aromatic N) is 1. The van der Waals surface area contributed by atoms with Gasteiger partial charge in [-0.3, -0.25) is 4.90 Å². The van der Waals surface area contributed by atoms with E-state index in [9.17, 15) is 31.1 Å². The normalized spacial score (nSPS) is 27.3. The van der Waals surface area contributed by atoms with Gasteiger partial charge in [-0.15, -0.1) is 0 Å². The second kappa shape index (κ2) is 4.81. The number of fused-ring (bicyclic) bond motifs is 2. The van der Waals surface area contributed by atoms with E-state index in [1.54, 1.807) is 6.92 Å². The van der Waals surface area contributed by atoms with E-state index >= 15 is 0 Å². The Morgan fingerprint density at radius 1 is 1.24 bits per heavy atom. The standard InChI is InChI=1S/C12H13F6NO2/c1-2-5-21-9(20)19-8-4-3-7(6-8)10(19,11(13,14)15)12(16,17)18/h3-4,7-8H,2,5-6H2,1H3. The number of hydrogen-bond donors (Lipinski definition) is 0. The maximum atomic E-state index is 13.3. The van der Waals surface area contributed by atoms with Gasteiger partial charge >= 0.3 is 18.4 Å². The Morgan fingerprint density at radius 2 is 1.81 bits per heavy atom. The first-order valence-corrected chi connectivity index (χ1v) is 6.35. The summed E-state index contributed by atoms with van der Waals surface area (Å²) in [4.78, 5) is 11.6. The number of hydrogen-bond acceptors (Lipinski definition) is 2. The molecule has 0 aromatic heterocycles. The molecule has 0 aromatic carbocycles. The third-order valence-electron chi connectivity index (χ3n) is 3.80. The summed E-state index contributed by atoms with van der Waals surface area (Å²) in [5.41, 5.74) is -4.20. The minimum Gasteiger partial charge on any atom is -0.449 e. The van der Waals surface area contributed by atoms with E-state index in [0.29, 0.717) is 6.42 Å². The Kier molecular flexibility index (Phi) is 3.66. The quantitative estimate of drug-likeness (QED) is 0.575. The Balaban J connectivity index is 2.50. The summed E-state index contributed by atoms with van der Waals surface area (Å²) < 4.78 is 84.3. The molecular weight excluding hydrogens is 304 g/mol. The van der Waals surface area contributed by atoms with Crippen LogP contribution in [0.4, 0.5) is 31.1 Å². The van der Waals surface area contributed by atoms with E-state index in [1.807, 2.05) is 0 Å². The Hall–Kier alpha value is -1.41. The van der Waals surface area contributed by atoms with E-state index < -0.39 is 42.4 Å². The molecule has 2 rings (SSSR count). The third kappa shape index (κ3) is 2.08. The molecule has 1 saturated heterocycles. The van der Waals surface area contributed by atoms with Crippen LogP contribution in [0.15, 0.2) is 12.2 Å². The molecule has 3 nitrogen and oxygen atoms in total. The number of carbonyl (C=O) groups excluding carboxylic acids is 1. The van der Waals surface area contributed by atoms with Crippen LogP contribution < -0.4 is 0 Å². The highest BCUT2D eigenvalue weighted by atomic mass is 19.4. The number of halogens is 6. The first-order valence-electron chi connectivity index (χ1n) is 6.35. The fourth-order valence-corrected chi connectivity index (χ4v) is 3.01. The van der Waals surface area contributed by atoms with Crippen LogP contribution in [0.2, 0.25) is 0 Å². The van der Waals surface area contributed by atoms with Gasteiger partial charge in [0.05, 0.1) is 12.6 Å². The smallest absolute Gasteiger partial charge is 0.421 e. The molecule has 1 heterocycles. The fourth-order valence-electron chi connectivity index (χ4n) is 3.01. The SMILES string of the molecule is CCCOC(=O)N1C2C=CC(C2)C1(C(F)(F)F)C(F)(F)F. The molecule has 0 N–H and O–H groups in total. The molecule has 1 fully saturated rings. The van der Waals surface area contributed by atoms with E-state index in [-0.39, 0.29) is 11.5 Å². The number of likely N-dealkylation sites (tertiary alicyclic amines) is 1. The summed E-state index contributed by atoms with van der Waals surface area (Å²) in [5, 5.41) is 0. The van der Waals surface area contributed by atoms with Gasteiger partial charge in [-0.2, -0.15) is 26.3 Å². The average Bonchev–Trinajstić information content (AvgIpc) is 2.91. The lowest BCUT2D eigenvalue weighted by Crippen LogP contribution is -2.70. The molecule has 0 radical (unpaired) electrons. The Bertz CT molecular complexity index is 442. The van der Waals surface area contributed by atoms with Crippen molar-refractivity contribution in [3.63, 3.8) is 0 Å². The molecule has 0 spiro atoms. The van der Waals surface area contributed by atoms with Crippen molar-refractivity contribution < 1.29 is 35.9 Å². The van der Waals surface area contributed by atoms with Gasteiger partial charge in [0.2, 0.25) is 5.54 Å². The first-order chi connectivity index (χ1) is 9.57. The molecule has 2 atom stereocenters. The lowest BCUT2D eigenvalue weighted by Gasteiger charge is -2.45. The molecule has 1 amide bonds.